The first-order chi connectivity index (χ1) is 13.9. The number of sulfonamides is 1. The molecular formula is C22H27FN2O3S. The van der Waals surface area contributed by atoms with Gasteiger partial charge in [-0.25, -0.2) is 12.8 Å². The van der Waals surface area contributed by atoms with Crippen LogP contribution in [0.4, 0.5) is 4.39 Å². The molecule has 1 aliphatic rings. The van der Waals surface area contributed by atoms with E-state index in [1.165, 1.54) is 16.4 Å². The van der Waals surface area contributed by atoms with Crippen molar-refractivity contribution in [2.45, 2.75) is 37.5 Å². The quantitative estimate of drug-likeness (QED) is 0.702. The third-order valence-corrected chi connectivity index (χ3v) is 7.15. The van der Waals surface area contributed by atoms with Crippen LogP contribution in [0.25, 0.3) is 0 Å². The molecule has 0 aliphatic carbocycles. The number of carbonyl (C=O) groups excluding carboxylic acids is 1. The van der Waals surface area contributed by atoms with Crippen LogP contribution in [0.5, 0.6) is 0 Å². The molecule has 1 saturated heterocycles. The maximum atomic E-state index is 12.9. The molecule has 2 aromatic rings. The van der Waals surface area contributed by atoms with E-state index in [1.807, 2.05) is 6.92 Å². The van der Waals surface area contributed by atoms with Gasteiger partial charge in [0.15, 0.2) is 0 Å². The van der Waals surface area contributed by atoms with Gasteiger partial charge < -0.3 is 5.32 Å². The highest BCUT2D eigenvalue weighted by Gasteiger charge is 2.33. The summed E-state index contributed by atoms with van der Waals surface area (Å²) in [5.41, 5.74) is 2.02. The number of piperidine rings is 1. The Morgan fingerprint density at radius 3 is 2.52 bits per heavy atom. The van der Waals surface area contributed by atoms with Gasteiger partial charge in [0.25, 0.3) is 0 Å². The summed E-state index contributed by atoms with van der Waals surface area (Å²) in [6, 6.07) is 13.1. The minimum absolute atomic E-state index is 0.104. The third-order valence-electron chi connectivity index (χ3n) is 5.27. The molecule has 2 aromatic carbocycles. The number of hydrogen-bond acceptors (Lipinski definition) is 3. The highest BCUT2D eigenvalue weighted by atomic mass is 32.2. The lowest BCUT2D eigenvalue weighted by molar-refractivity contribution is -0.126. The Kier molecular flexibility index (Phi) is 7.03. The van der Waals surface area contributed by atoms with Crippen molar-refractivity contribution in [2.75, 3.05) is 19.6 Å². The maximum Gasteiger partial charge on any atom is 0.243 e. The van der Waals surface area contributed by atoms with Crippen molar-refractivity contribution in [1.29, 1.82) is 0 Å². The Hall–Kier alpha value is -2.25. The van der Waals surface area contributed by atoms with Crippen molar-refractivity contribution in [3.8, 4) is 0 Å². The third kappa shape index (κ3) is 5.64. The first-order valence-corrected chi connectivity index (χ1v) is 11.4. The Morgan fingerprint density at radius 1 is 1.14 bits per heavy atom. The molecule has 156 valence electrons. The Balaban J connectivity index is 1.51. The fourth-order valence-corrected chi connectivity index (χ4v) is 5.06. The lowest BCUT2D eigenvalue weighted by Gasteiger charge is -2.31. The number of aryl methyl sites for hydroxylation is 2. The highest BCUT2D eigenvalue weighted by Crippen LogP contribution is 2.24. The molecule has 0 bridgehead atoms. The molecule has 1 heterocycles. The second-order valence-electron chi connectivity index (χ2n) is 7.54. The van der Waals surface area contributed by atoms with Crippen LogP contribution < -0.4 is 5.32 Å². The van der Waals surface area contributed by atoms with Gasteiger partial charge in [-0.2, -0.15) is 4.31 Å². The van der Waals surface area contributed by atoms with E-state index in [-0.39, 0.29) is 29.1 Å². The van der Waals surface area contributed by atoms with Crippen molar-refractivity contribution in [3.63, 3.8) is 0 Å². The normalized spacial score (nSPS) is 17.8. The summed E-state index contributed by atoms with van der Waals surface area (Å²) in [6.45, 7) is 3.07. The summed E-state index contributed by atoms with van der Waals surface area (Å²) in [5.74, 6) is -0.702. The summed E-state index contributed by atoms with van der Waals surface area (Å²) in [6.07, 6.45) is 2.84. The standard InChI is InChI=1S/C22H27FN2O3S/c1-17-6-12-21(13-7-17)29(27,28)25-15-3-5-19(16-25)22(26)24-14-2-4-18-8-10-20(23)11-9-18/h6-13,19H,2-5,14-16H2,1H3,(H,24,26). The van der Waals surface area contributed by atoms with Gasteiger partial charge in [-0.3, -0.25) is 4.79 Å². The van der Waals surface area contributed by atoms with Crippen molar-refractivity contribution < 1.29 is 17.6 Å². The Morgan fingerprint density at radius 2 is 1.83 bits per heavy atom. The van der Waals surface area contributed by atoms with Crippen molar-refractivity contribution >= 4 is 15.9 Å². The topological polar surface area (TPSA) is 66.5 Å². The molecule has 1 unspecified atom stereocenters. The molecule has 1 fully saturated rings. The van der Waals surface area contributed by atoms with Gasteiger partial charge in [0, 0.05) is 19.6 Å². The van der Waals surface area contributed by atoms with Gasteiger partial charge in [-0.15, -0.1) is 0 Å². The van der Waals surface area contributed by atoms with E-state index in [0.717, 1.165) is 24.0 Å². The lowest BCUT2D eigenvalue weighted by Crippen LogP contribution is -2.45. The van der Waals surface area contributed by atoms with Gasteiger partial charge >= 0.3 is 0 Å². The van der Waals surface area contributed by atoms with Gasteiger partial charge in [-0.1, -0.05) is 29.8 Å². The van der Waals surface area contributed by atoms with Crippen LogP contribution in [-0.2, 0) is 21.2 Å². The molecule has 7 heteroatoms. The zero-order valence-corrected chi connectivity index (χ0v) is 17.4. The van der Waals surface area contributed by atoms with Crippen LogP contribution in [0.1, 0.15) is 30.4 Å². The zero-order chi connectivity index (χ0) is 20.9. The molecule has 0 radical (unpaired) electrons. The summed E-state index contributed by atoms with van der Waals surface area (Å²) in [7, 11) is -3.59. The largest absolute Gasteiger partial charge is 0.356 e. The van der Waals surface area contributed by atoms with Crippen LogP contribution in [0.2, 0.25) is 0 Å². The minimum atomic E-state index is -3.59. The van der Waals surface area contributed by atoms with Crippen molar-refractivity contribution in [3.05, 3.63) is 65.5 Å². The van der Waals surface area contributed by atoms with E-state index in [0.29, 0.717) is 25.9 Å². The summed E-state index contributed by atoms with van der Waals surface area (Å²) >= 11 is 0. The van der Waals surface area contributed by atoms with Crippen LogP contribution in [0.3, 0.4) is 0 Å². The minimum Gasteiger partial charge on any atom is -0.356 e. The van der Waals surface area contributed by atoms with Gasteiger partial charge in [0.2, 0.25) is 15.9 Å². The van der Waals surface area contributed by atoms with E-state index in [2.05, 4.69) is 5.32 Å². The second-order valence-corrected chi connectivity index (χ2v) is 9.47. The SMILES string of the molecule is Cc1ccc(S(=O)(=O)N2CCCC(C(=O)NCCCc3ccc(F)cc3)C2)cc1. The number of benzene rings is 2. The number of hydrogen-bond donors (Lipinski definition) is 1. The van der Waals surface area contributed by atoms with Crippen molar-refractivity contribution in [1.82, 2.24) is 9.62 Å². The molecule has 0 saturated carbocycles. The Labute approximate surface area is 172 Å². The smallest absolute Gasteiger partial charge is 0.243 e. The van der Waals surface area contributed by atoms with E-state index in [9.17, 15) is 17.6 Å². The molecule has 1 N–H and O–H groups in total. The molecular weight excluding hydrogens is 391 g/mol. The number of nitrogens with zero attached hydrogens (tertiary/aromatic N) is 1. The van der Waals surface area contributed by atoms with Gasteiger partial charge in [-0.05, 0) is 62.4 Å². The van der Waals surface area contributed by atoms with E-state index in [1.54, 1.807) is 36.4 Å². The van der Waals surface area contributed by atoms with E-state index < -0.39 is 10.0 Å². The first-order valence-electron chi connectivity index (χ1n) is 9.95. The molecule has 1 atom stereocenters. The van der Waals surface area contributed by atoms with Gasteiger partial charge in [0.05, 0.1) is 10.8 Å². The average Bonchev–Trinajstić information content (AvgIpc) is 2.73. The van der Waals surface area contributed by atoms with Crippen LogP contribution in [-0.4, -0.2) is 38.3 Å². The summed E-state index contributed by atoms with van der Waals surface area (Å²) in [5, 5.41) is 2.92. The number of nitrogens with one attached hydrogen (secondary N) is 1. The number of rotatable bonds is 7. The van der Waals surface area contributed by atoms with E-state index >= 15 is 0 Å². The van der Waals surface area contributed by atoms with Crippen molar-refractivity contribution in [2.24, 2.45) is 5.92 Å². The molecule has 1 aliphatic heterocycles. The number of amides is 1. The number of carbonyl (C=O) groups is 1. The molecule has 3 rings (SSSR count). The van der Waals surface area contributed by atoms with Crippen LogP contribution in [0.15, 0.2) is 53.4 Å². The van der Waals surface area contributed by atoms with E-state index in [4.69, 9.17) is 0 Å². The van der Waals surface area contributed by atoms with Gasteiger partial charge in [0.1, 0.15) is 5.82 Å². The number of halogens is 1. The van der Waals surface area contributed by atoms with Crippen LogP contribution >= 0.6 is 0 Å². The zero-order valence-electron chi connectivity index (χ0n) is 16.6. The first kappa shape index (κ1) is 21.5. The molecule has 0 aromatic heterocycles. The summed E-state index contributed by atoms with van der Waals surface area (Å²) in [4.78, 5) is 12.8. The summed E-state index contributed by atoms with van der Waals surface area (Å²) < 4.78 is 40.1. The predicted octanol–water partition coefficient (Wildman–Crippen LogP) is 3.28. The second kappa shape index (κ2) is 9.50. The maximum absolute atomic E-state index is 12.9. The lowest BCUT2D eigenvalue weighted by atomic mass is 9.99. The Bertz CT molecular complexity index is 928. The molecule has 29 heavy (non-hydrogen) atoms. The average molecular weight is 419 g/mol. The molecule has 5 nitrogen and oxygen atoms in total. The fourth-order valence-electron chi connectivity index (χ4n) is 3.53. The van der Waals surface area contributed by atoms with Crippen LogP contribution in [0, 0.1) is 18.7 Å². The fraction of sp³-hybridized carbons (Fsp3) is 0.409. The molecule has 1 amide bonds. The monoisotopic (exact) mass is 418 g/mol. The highest BCUT2D eigenvalue weighted by molar-refractivity contribution is 7.89. The predicted molar refractivity (Wildman–Crippen MR) is 110 cm³/mol. The molecule has 0 spiro atoms.